The van der Waals surface area contributed by atoms with Gasteiger partial charge in [-0.25, -0.2) is 4.99 Å². The van der Waals surface area contributed by atoms with Gasteiger partial charge in [-0.15, -0.1) is 0 Å². The fourth-order valence-corrected chi connectivity index (χ4v) is 4.82. The number of carbonyl (C=O) groups is 1. The number of hydrogen-bond donors (Lipinski definition) is 2. The van der Waals surface area contributed by atoms with Crippen LogP contribution in [0.1, 0.15) is 50.3 Å². The molecule has 9 nitrogen and oxygen atoms in total. The first-order chi connectivity index (χ1) is 17.7. The Hall–Kier alpha value is -4.16. The van der Waals surface area contributed by atoms with Crippen molar-refractivity contribution >= 4 is 34.0 Å². The number of aliphatic imine (C=N–C) groups is 1. The van der Waals surface area contributed by atoms with Crippen molar-refractivity contribution in [2.75, 3.05) is 19.7 Å². The molecule has 1 atom stereocenters. The third-order valence-corrected chi connectivity index (χ3v) is 6.43. The number of carbonyl (C=O) groups excluding carboxylic acids is 1. The lowest BCUT2D eigenvalue weighted by Gasteiger charge is -2.26. The van der Waals surface area contributed by atoms with Gasteiger partial charge in [0.15, 0.2) is 5.88 Å². The highest BCUT2D eigenvalue weighted by Crippen LogP contribution is 2.36. The molecule has 2 aliphatic rings. The molecule has 3 heterocycles. The first kappa shape index (κ1) is 24.5. The Labute approximate surface area is 215 Å². The molecule has 1 aromatic heterocycles. The Morgan fingerprint density at radius 1 is 1.30 bits per heavy atom. The van der Waals surface area contributed by atoms with Crippen molar-refractivity contribution in [2.45, 2.75) is 45.3 Å². The predicted octanol–water partition coefficient (Wildman–Crippen LogP) is 4.41. The Bertz CT molecular complexity index is 1460. The van der Waals surface area contributed by atoms with Gasteiger partial charge in [0, 0.05) is 23.0 Å². The number of nitriles is 1. The monoisotopic (exact) mass is 499 g/mol. The molecule has 0 radical (unpaired) electrons. The van der Waals surface area contributed by atoms with E-state index in [0.29, 0.717) is 40.0 Å². The molecule has 3 aromatic rings. The number of nitrogens with zero attached hydrogens (tertiary/aromatic N) is 4. The summed E-state index contributed by atoms with van der Waals surface area (Å²) >= 11 is 0. The van der Waals surface area contributed by atoms with E-state index in [0.717, 1.165) is 30.6 Å². The summed E-state index contributed by atoms with van der Waals surface area (Å²) in [5.74, 6) is -0.261. The number of hydrogen-bond acceptors (Lipinski definition) is 8. The zero-order valence-electron chi connectivity index (χ0n) is 21.1. The standard InChI is InChI=1S/C28H29N5O4/c1-28(2,3)37-27(35)22-9-6-12-33(22)13-14-36-32-24-18-7-4-5-8-20(18)30-25(24)23-19-15-17(16-29)10-11-21(19)31-26(23)34/h4-5,7-8,10-11,15,22,31,34H,6,9,12-14H2,1-3H3/b32-24+/t22-/m0/s1. The lowest BCUT2D eigenvalue weighted by molar-refractivity contribution is -0.160. The van der Waals surface area contributed by atoms with Crippen LogP contribution in [0.15, 0.2) is 52.6 Å². The number of fused-ring (bicyclic) bond motifs is 2. The number of likely N-dealkylation sites (tertiary alicyclic amines) is 1. The molecular weight excluding hydrogens is 470 g/mol. The number of aromatic nitrogens is 1. The minimum absolute atomic E-state index is 0.0541. The summed E-state index contributed by atoms with van der Waals surface area (Å²) in [5.41, 5.74) is 3.57. The molecule has 0 unspecified atom stereocenters. The second kappa shape index (κ2) is 9.71. The molecule has 0 spiro atoms. The van der Waals surface area contributed by atoms with Crippen LogP contribution < -0.4 is 0 Å². The Balaban J connectivity index is 1.37. The Morgan fingerprint density at radius 3 is 2.89 bits per heavy atom. The molecule has 0 bridgehead atoms. The third-order valence-electron chi connectivity index (χ3n) is 6.43. The van der Waals surface area contributed by atoms with E-state index in [-0.39, 0.29) is 24.5 Å². The van der Waals surface area contributed by atoms with Crippen LogP contribution in [0.3, 0.4) is 0 Å². The van der Waals surface area contributed by atoms with Crippen LogP contribution in [-0.2, 0) is 14.4 Å². The lowest BCUT2D eigenvalue weighted by atomic mass is 10.0. The van der Waals surface area contributed by atoms with Gasteiger partial charge >= 0.3 is 5.97 Å². The van der Waals surface area contributed by atoms with Gasteiger partial charge in [-0.05, 0) is 64.4 Å². The number of nitrogens with one attached hydrogen (secondary N) is 1. The van der Waals surface area contributed by atoms with Gasteiger partial charge in [-0.2, -0.15) is 5.26 Å². The third kappa shape index (κ3) is 4.93. The van der Waals surface area contributed by atoms with Gasteiger partial charge in [0.2, 0.25) is 0 Å². The van der Waals surface area contributed by atoms with Crippen LogP contribution in [0.25, 0.3) is 10.9 Å². The van der Waals surface area contributed by atoms with Crippen molar-refractivity contribution in [3.63, 3.8) is 0 Å². The van der Waals surface area contributed by atoms with Crippen LogP contribution in [0.2, 0.25) is 0 Å². The average Bonchev–Trinajstić information content (AvgIpc) is 3.55. The van der Waals surface area contributed by atoms with Gasteiger partial charge in [-0.1, -0.05) is 23.4 Å². The minimum atomic E-state index is -0.526. The van der Waals surface area contributed by atoms with Crippen molar-refractivity contribution < 1.29 is 19.5 Å². The summed E-state index contributed by atoms with van der Waals surface area (Å²) in [6.45, 7) is 7.21. The van der Waals surface area contributed by atoms with Crippen molar-refractivity contribution in [1.82, 2.24) is 9.88 Å². The smallest absolute Gasteiger partial charge is 0.323 e. The Kier molecular flexibility index (Phi) is 6.44. The molecule has 1 saturated heterocycles. The number of oxime groups is 1. The van der Waals surface area contributed by atoms with Crippen molar-refractivity contribution in [3.05, 3.63) is 59.2 Å². The first-order valence-electron chi connectivity index (χ1n) is 12.4. The number of ether oxygens (including phenoxy) is 1. The van der Waals surface area contributed by atoms with Crippen LogP contribution in [0.5, 0.6) is 5.88 Å². The van der Waals surface area contributed by atoms with E-state index in [2.05, 4.69) is 21.1 Å². The average molecular weight is 500 g/mol. The quantitative estimate of drug-likeness (QED) is 0.294. The zero-order chi connectivity index (χ0) is 26.2. The summed E-state index contributed by atoms with van der Waals surface area (Å²) in [4.78, 5) is 28.1. The molecule has 2 aromatic carbocycles. The van der Waals surface area contributed by atoms with Gasteiger partial charge in [0.1, 0.15) is 29.7 Å². The number of H-pyrrole nitrogens is 1. The molecule has 37 heavy (non-hydrogen) atoms. The summed E-state index contributed by atoms with van der Waals surface area (Å²) in [6.07, 6.45) is 1.69. The van der Waals surface area contributed by atoms with E-state index in [1.807, 2.05) is 45.0 Å². The second-order valence-electron chi connectivity index (χ2n) is 10.2. The fourth-order valence-electron chi connectivity index (χ4n) is 4.82. The summed E-state index contributed by atoms with van der Waals surface area (Å²) in [7, 11) is 0. The number of benzene rings is 2. The molecule has 190 valence electrons. The van der Waals surface area contributed by atoms with Crippen LogP contribution in [-0.4, -0.2) is 63.7 Å². The van der Waals surface area contributed by atoms with Gasteiger partial charge in [0.25, 0.3) is 0 Å². The topological polar surface area (TPSA) is 123 Å². The molecule has 1 fully saturated rings. The van der Waals surface area contributed by atoms with E-state index >= 15 is 0 Å². The molecule has 0 amide bonds. The molecule has 2 N–H and O–H groups in total. The van der Waals surface area contributed by atoms with Crippen molar-refractivity contribution in [1.29, 1.82) is 5.26 Å². The number of aromatic hydroxyl groups is 1. The number of esters is 1. The highest BCUT2D eigenvalue weighted by Gasteiger charge is 2.34. The molecule has 9 heteroatoms. The predicted molar refractivity (Wildman–Crippen MR) is 140 cm³/mol. The summed E-state index contributed by atoms with van der Waals surface area (Å²) in [5, 5.41) is 25.2. The lowest BCUT2D eigenvalue weighted by Crippen LogP contribution is -2.41. The van der Waals surface area contributed by atoms with Crippen LogP contribution in [0, 0.1) is 11.3 Å². The molecular formula is C28H29N5O4. The van der Waals surface area contributed by atoms with Crippen LogP contribution in [0.4, 0.5) is 5.69 Å². The molecule has 0 aliphatic carbocycles. The fraction of sp³-hybridized carbons (Fsp3) is 0.357. The highest BCUT2D eigenvalue weighted by molar-refractivity contribution is 6.58. The maximum Gasteiger partial charge on any atom is 0.323 e. The Morgan fingerprint density at radius 2 is 2.11 bits per heavy atom. The first-order valence-corrected chi connectivity index (χ1v) is 12.4. The van der Waals surface area contributed by atoms with Gasteiger partial charge < -0.3 is 19.7 Å². The van der Waals surface area contributed by atoms with Gasteiger partial charge in [-0.3, -0.25) is 9.69 Å². The molecule has 5 rings (SSSR count). The number of rotatable bonds is 6. The largest absolute Gasteiger partial charge is 0.494 e. The highest BCUT2D eigenvalue weighted by atomic mass is 16.6. The molecule has 0 saturated carbocycles. The zero-order valence-corrected chi connectivity index (χ0v) is 21.1. The summed E-state index contributed by atoms with van der Waals surface area (Å²) in [6, 6.07) is 14.6. The number of aromatic amines is 1. The van der Waals surface area contributed by atoms with E-state index in [1.54, 1.807) is 18.2 Å². The van der Waals surface area contributed by atoms with Crippen molar-refractivity contribution in [3.8, 4) is 11.9 Å². The van der Waals surface area contributed by atoms with Crippen LogP contribution >= 0.6 is 0 Å². The maximum atomic E-state index is 12.6. The number of para-hydroxylation sites is 1. The maximum absolute atomic E-state index is 12.6. The minimum Gasteiger partial charge on any atom is -0.494 e. The van der Waals surface area contributed by atoms with E-state index in [1.165, 1.54) is 0 Å². The van der Waals surface area contributed by atoms with Crippen molar-refractivity contribution in [2.24, 2.45) is 10.1 Å². The molecule has 2 aliphatic heterocycles. The second-order valence-corrected chi connectivity index (χ2v) is 10.2. The van der Waals surface area contributed by atoms with E-state index < -0.39 is 5.60 Å². The normalized spacial score (nSPS) is 18.6. The van der Waals surface area contributed by atoms with E-state index in [4.69, 9.17) is 14.6 Å². The van der Waals surface area contributed by atoms with E-state index in [9.17, 15) is 15.2 Å². The summed E-state index contributed by atoms with van der Waals surface area (Å²) < 4.78 is 5.59. The SMILES string of the molecule is CC(C)(C)OC(=O)[C@@H]1CCCN1CCO/N=C1/C(c2c(O)[nH]c3ccc(C#N)cc23)=Nc2ccccc21. The van der Waals surface area contributed by atoms with Gasteiger partial charge in [0.05, 0.1) is 22.9 Å².